The van der Waals surface area contributed by atoms with Crippen molar-refractivity contribution in [3.63, 3.8) is 0 Å². The van der Waals surface area contributed by atoms with Crippen molar-refractivity contribution in [1.82, 2.24) is 9.97 Å². The second-order valence-electron chi connectivity index (χ2n) is 5.14. The zero-order valence-electron chi connectivity index (χ0n) is 12.0. The number of thioether (sulfide) groups is 1. The van der Waals surface area contributed by atoms with E-state index in [1.807, 2.05) is 0 Å². The monoisotopic (exact) mass is 369 g/mol. The highest BCUT2D eigenvalue weighted by molar-refractivity contribution is 7.99. The van der Waals surface area contributed by atoms with Crippen molar-refractivity contribution in [1.29, 1.82) is 0 Å². The Labute approximate surface area is 146 Å². The SMILES string of the molecule is O=C(CSc1nc2c(c(=O)[nH]1)CCC2)Nc1cc(Cl)cc(Cl)c1. The van der Waals surface area contributed by atoms with E-state index < -0.39 is 0 Å². The summed E-state index contributed by atoms with van der Waals surface area (Å²) in [6.07, 6.45) is 2.55. The maximum atomic E-state index is 12.0. The molecule has 1 aliphatic rings. The van der Waals surface area contributed by atoms with E-state index >= 15 is 0 Å². The van der Waals surface area contributed by atoms with Crippen LogP contribution >= 0.6 is 35.0 Å². The number of aromatic amines is 1. The van der Waals surface area contributed by atoms with Crippen molar-refractivity contribution in [2.75, 3.05) is 11.1 Å². The van der Waals surface area contributed by atoms with Crippen LogP contribution in [0.3, 0.4) is 0 Å². The Hall–Kier alpha value is -1.50. The predicted octanol–water partition coefficient (Wildman–Crippen LogP) is 3.30. The molecule has 1 aromatic carbocycles. The minimum absolute atomic E-state index is 0.1000. The molecule has 5 nitrogen and oxygen atoms in total. The Bertz CT molecular complexity index is 803. The summed E-state index contributed by atoms with van der Waals surface area (Å²) in [4.78, 5) is 31.0. The summed E-state index contributed by atoms with van der Waals surface area (Å²) in [5.41, 5.74) is 2.05. The van der Waals surface area contributed by atoms with Crippen LogP contribution in [-0.4, -0.2) is 21.6 Å². The average molecular weight is 370 g/mol. The quantitative estimate of drug-likeness (QED) is 0.640. The number of hydrogen-bond donors (Lipinski definition) is 2. The minimum Gasteiger partial charge on any atom is -0.325 e. The fourth-order valence-electron chi connectivity index (χ4n) is 2.44. The molecule has 0 aliphatic heterocycles. The first-order chi connectivity index (χ1) is 11.0. The number of H-pyrrole nitrogens is 1. The second-order valence-corrected chi connectivity index (χ2v) is 6.98. The molecule has 0 fully saturated rings. The van der Waals surface area contributed by atoms with E-state index in [2.05, 4.69) is 15.3 Å². The van der Waals surface area contributed by atoms with Gasteiger partial charge in [0, 0.05) is 21.3 Å². The molecule has 1 aliphatic carbocycles. The molecule has 1 amide bonds. The molecular weight excluding hydrogens is 357 g/mol. The van der Waals surface area contributed by atoms with Gasteiger partial charge in [-0.3, -0.25) is 9.59 Å². The standard InChI is InChI=1S/C15H13Cl2N3O2S/c16-8-4-9(17)6-10(5-8)18-13(21)7-23-15-19-12-3-1-2-11(12)14(22)20-15/h4-6H,1-3,7H2,(H,18,21)(H,19,20,22). The summed E-state index contributed by atoms with van der Waals surface area (Å²) in [7, 11) is 0. The van der Waals surface area contributed by atoms with Crippen LogP contribution in [0.2, 0.25) is 10.0 Å². The van der Waals surface area contributed by atoms with Crippen molar-refractivity contribution in [3.8, 4) is 0 Å². The number of amides is 1. The molecule has 3 rings (SSSR count). The van der Waals surface area contributed by atoms with Crippen molar-refractivity contribution >= 4 is 46.6 Å². The van der Waals surface area contributed by atoms with Gasteiger partial charge < -0.3 is 10.3 Å². The van der Waals surface area contributed by atoms with Gasteiger partial charge in [-0.05, 0) is 37.5 Å². The molecule has 0 atom stereocenters. The summed E-state index contributed by atoms with van der Waals surface area (Å²) in [5.74, 6) is -0.0947. The van der Waals surface area contributed by atoms with E-state index in [1.165, 1.54) is 11.8 Å². The van der Waals surface area contributed by atoms with Crippen LogP contribution in [-0.2, 0) is 17.6 Å². The first kappa shape index (κ1) is 16.4. The highest BCUT2D eigenvalue weighted by Crippen LogP contribution is 2.23. The first-order valence-electron chi connectivity index (χ1n) is 7.02. The molecule has 2 aromatic rings. The fourth-order valence-corrected chi connectivity index (χ4v) is 3.65. The molecule has 23 heavy (non-hydrogen) atoms. The van der Waals surface area contributed by atoms with Gasteiger partial charge in [0.25, 0.3) is 5.56 Å². The van der Waals surface area contributed by atoms with Gasteiger partial charge in [-0.2, -0.15) is 0 Å². The number of nitrogens with one attached hydrogen (secondary N) is 2. The molecule has 120 valence electrons. The summed E-state index contributed by atoms with van der Waals surface area (Å²) in [5, 5.41) is 4.08. The Morgan fingerprint density at radius 2 is 2.00 bits per heavy atom. The van der Waals surface area contributed by atoms with Gasteiger partial charge in [-0.15, -0.1) is 0 Å². The molecular formula is C15H13Cl2N3O2S. The van der Waals surface area contributed by atoms with Crippen LogP contribution in [0.15, 0.2) is 28.2 Å². The number of aryl methyl sites for hydroxylation is 1. The number of benzene rings is 1. The number of fused-ring (bicyclic) bond motifs is 1. The third-order valence-corrected chi connectivity index (χ3v) is 4.72. The smallest absolute Gasteiger partial charge is 0.254 e. The van der Waals surface area contributed by atoms with Crippen molar-refractivity contribution < 1.29 is 4.79 Å². The highest BCUT2D eigenvalue weighted by Gasteiger charge is 2.17. The zero-order valence-corrected chi connectivity index (χ0v) is 14.3. The summed E-state index contributed by atoms with van der Waals surface area (Å²) in [6.45, 7) is 0. The van der Waals surface area contributed by atoms with Crippen molar-refractivity contribution in [3.05, 3.63) is 49.9 Å². The number of hydrogen-bond acceptors (Lipinski definition) is 4. The Balaban J connectivity index is 1.63. The number of rotatable bonds is 4. The average Bonchev–Trinajstić information content (AvgIpc) is 2.93. The highest BCUT2D eigenvalue weighted by atomic mass is 35.5. The molecule has 0 saturated heterocycles. The van der Waals surface area contributed by atoms with E-state index in [9.17, 15) is 9.59 Å². The lowest BCUT2D eigenvalue weighted by molar-refractivity contribution is -0.113. The second kappa shape index (κ2) is 6.95. The van der Waals surface area contributed by atoms with E-state index in [1.54, 1.807) is 18.2 Å². The predicted molar refractivity (Wildman–Crippen MR) is 92.7 cm³/mol. The lowest BCUT2D eigenvalue weighted by atomic mass is 10.3. The van der Waals surface area contributed by atoms with E-state index in [4.69, 9.17) is 23.2 Å². The largest absolute Gasteiger partial charge is 0.325 e. The number of aromatic nitrogens is 2. The molecule has 2 N–H and O–H groups in total. The number of carbonyl (C=O) groups is 1. The molecule has 8 heteroatoms. The van der Waals surface area contributed by atoms with Gasteiger partial charge in [0.15, 0.2) is 5.16 Å². The number of halogens is 2. The van der Waals surface area contributed by atoms with Crippen LogP contribution in [0.5, 0.6) is 0 Å². The summed E-state index contributed by atoms with van der Waals surface area (Å²) in [6, 6.07) is 4.82. The summed E-state index contributed by atoms with van der Waals surface area (Å²) >= 11 is 13.0. The third-order valence-electron chi connectivity index (χ3n) is 3.41. The van der Waals surface area contributed by atoms with E-state index in [0.29, 0.717) is 20.9 Å². The molecule has 0 radical (unpaired) electrons. The molecule has 1 aromatic heterocycles. The topological polar surface area (TPSA) is 74.8 Å². The normalized spacial score (nSPS) is 13.0. The van der Waals surface area contributed by atoms with Gasteiger partial charge in [0.05, 0.1) is 11.4 Å². The number of anilines is 1. The van der Waals surface area contributed by atoms with E-state index in [-0.39, 0.29) is 17.2 Å². The fraction of sp³-hybridized carbons (Fsp3) is 0.267. The third kappa shape index (κ3) is 4.07. The summed E-state index contributed by atoms with van der Waals surface area (Å²) < 4.78 is 0. The van der Waals surface area contributed by atoms with Crippen molar-refractivity contribution in [2.45, 2.75) is 24.4 Å². The Kier molecular flexibility index (Phi) is 4.94. The number of carbonyl (C=O) groups excluding carboxylic acids is 1. The van der Waals surface area contributed by atoms with E-state index in [0.717, 1.165) is 30.5 Å². The van der Waals surface area contributed by atoms with Crippen LogP contribution in [0.1, 0.15) is 17.7 Å². The van der Waals surface area contributed by atoms with Gasteiger partial charge in [-0.25, -0.2) is 4.98 Å². The molecule has 0 spiro atoms. The van der Waals surface area contributed by atoms with Gasteiger partial charge in [0.2, 0.25) is 5.91 Å². The first-order valence-corrected chi connectivity index (χ1v) is 8.76. The maximum Gasteiger partial charge on any atom is 0.254 e. The van der Waals surface area contributed by atoms with Crippen LogP contribution in [0.25, 0.3) is 0 Å². The van der Waals surface area contributed by atoms with Crippen LogP contribution in [0.4, 0.5) is 5.69 Å². The Morgan fingerprint density at radius 1 is 1.26 bits per heavy atom. The van der Waals surface area contributed by atoms with Gasteiger partial charge in [-0.1, -0.05) is 35.0 Å². The molecule has 0 saturated carbocycles. The lowest BCUT2D eigenvalue weighted by Crippen LogP contribution is -2.17. The van der Waals surface area contributed by atoms with Gasteiger partial charge >= 0.3 is 0 Å². The van der Waals surface area contributed by atoms with Gasteiger partial charge in [0.1, 0.15) is 0 Å². The van der Waals surface area contributed by atoms with Crippen molar-refractivity contribution in [2.24, 2.45) is 0 Å². The van der Waals surface area contributed by atoms with Crippen LogP contribution < -0.4 is 10.9 Å². The molecule has 0 bridgehead atoms. The van der Waals surface area contributed by atoms with Crippen LogP contribution in [0, 0.1) is 0 Å². The zero-order chi connectivity index (χ0) is 16.4. The lowest BCUT2D eigenvalue weighted by Gasteiger charge is -2.07. The minimum atomic E-state index is -0.225. The molecule has 1 heterocycles. The molecule has 0 unspecified atom stereocenters. The number of nitrogens with zero attached hydrogens (tertiary/aromatic N) is 1. The maximum absolute atomic E-state index is 12.0. The Morgan fingerprint density at radius 3 is 2.74 bits per heavy atom.